The van der Waals surface area contributed by atoms with Gasteiger partial charge in [-0.3, -0.25) is 0 Å². The molecule has 0 aromatic heterocycles. The van der Waals surface area contributed by atoms with Gasteiger partial charge in [-0.15, -0.1) is 0 Å². The van der Waals surface area contributed by atoms with Crippen molar-refractivity contribution in [2.45, 2.75) is 9.32 Å². The van der Waals surface area contributed by atoms with Crippen molar-refractivity contribution in [3.63, 3.8) is 0 Å². The average molecular weight is 508 g/mol. The van der Waals surface area contributed by atoms with E-state index in [1.54, 1.807) is 0 Å². The molecule has 144 valence electrons. The van der Waals surface area contributed by atoms with Gasteiger partial charge in [-0.1, -0.05) is 0 Å². The van der Waals surface area contributed by atoms with E-state index in [9.17, 15) is 5.11 Å². The van der Waals surface area contributed by atoms with E-state index in [0.717, 1.165) is 5.56 Å². The Balaban J connectivity index is 1.88. The Morgan fingerprint density at radius 3 is 1.34 bits per heavy atom. The molecule has 0 spiro atoms. The Hall–Kier alpha value is -2.12. The number of aliphatic hydroxyl groups excluding tert-OH is 1. The molecule has 0 aliphatic rings. The minimum atomic E-state index is -0.577. The predicted molar refractivity (Wildman–Crippen MR) is 123 cm³/mol. The summed E-state index contributed by atoms with van der Waals surface area (Å²) in [5.41, 5.74) is 2.19. The fourth-order valence-corrected chi connectivity index (χ4v) is 10.7. The maximum atomic E-state index is 11.8. The molecule has 0 aliphatic carbocycles. The van der Waals surface area contributed by atoms with Gasteiger partial charge in [-0.2, -0.15) is 0 Å². The van der Waals surface area contributed by atoms with Gasteiger partial charge in [-0.25, -0.2) is 0 Å². The normalized spacial score (nSPS) is 12.4. The topological polar surface area (TPSA) is 20.2 Å². The van der Waals surface area contributed by atoms with Gasteiger partial charge in [0, 0.05) is 0 Å². The van der Waals surface area contributed by atoms with Gasteiger partial charge in [-0.05, 0) is 0 Å². The number of aliphatic hydroxyl groups is 1. The molecule has 1 unspecified atom stereocenters. The van der Waals surface area contributed by atoms with Crippen molar-refractivity contribution in [2.75, 3.05) is 0 Å². The molecule has 1 nitrogen and oxygen atoms in total. The standard InChI is InChI=1S/C26H22OSe2/c27-25(21-13-5-1-6-14-21)26(22-15-7-2-8-16-22,28-23-17-9-3-10-18-23)29-24-19-11-4-12-20-24/h1-20,25,27H. The first-order valence-electron chi connectivity index (χ1n) is 9.54. The van der Waals surface area contributed by atoms with Crippen LogP contribution in [0.1, 0.15) is 17.2 Å². The second-order valence-electron chi connectivity index (χ2n) is 6.68. The molecule has 0 fully saturated rings. The Kier molecular flexibility index (Phi) is 6.66. The zero-order valence-electron chi connectivity index (χ0n) is 15.9. The van der Waals surface area contributed by atoms with Crippen molar-refractivity contribution in [3.05, 3.63) is 132 Å². The molecule has 0 radical (unpaired) electrons. The summed E-state index contributed by atoms with van der Waals surface area (Å²) in [7, 11) is 0. The summed E-state index contributed by atoms with van der Waals surface area (Å²) >= 11 is 0.0847. The van der Waals surface area contributed by atoms with Crippen LogP contribution < -0.4 is 8.92 Å². The van der Waals surface area contributed by atoms with E-state index in [4.69, 9.17) is 0 Å². The van der Waals surface area contributed by atoms with Crippen LogP contribution in [0.3, 0.4) is 0 Å². The molecular weight excluding hydrogens is 486 g/mol. The molecule has 0 bridgehead atoms. The molecule has 0 amide bonds. The number of benzene rings is 4. The third-order valence-electron chi connectivity index (χ3n) is 4.68. The predicted octanol–water partition coefficient (Wildman–Crippen LogP) is 3.63. The minimum absolute atomic E-state index is 0.0424. The molecule has 3 heteroatoms. The second-order valence-corrected chi connectivity index (χ2v) is 13.5. The van der Waals surface area contributed by atoms with E-state index < -0.39 is 6.10 Å². The van der Waals surface area contributed by atoms with Crippen molar-refractivity contribution in [1.82, 2.24) is 0 Å². The summed E-state index contributed by atoms with van der Waals surface area (Å²) in [6.45, 7) is 0. The fourth-order valence-electron chi connectivity index (χ4n) is 3.26. The van der Waals surface area contributed by atoms with Crippen LogP contribution in [0, 0.1) is 0 Å². The summed E-state index contributed by atoms with van der Waals surface area (Å²) < 4.78 is 2.25. The second kappa shape index (κ2) is 9.59. The van der Waals surface area contributed by atoms with Gasteiger partial charge in [0.2, 0.25) is 0 Å². The van der Waals surface area contributed by atoms with Gasteiger partial charge in [0.25, 0.3) is 0 Å². The molecule has 29 heavy (non-hydrogen) atoms. The van der Waals surface area contributed by atoms with Gasteiger partial charge >= 0.3 is 186 Å². The summed E-state index contributed by atoms with van der Waals surface area (Å²) in [6.07, 6.45) is -0.577. The van der Waals surface area contributed by atoms with Crippen LogP contribution in [0.5, 0.6) is 0 Å². The van der Waals surface area contributed by atoms with Crippen LogP contribution in [-0.2, 0) is 3.21 Å². The van der Waals surface area contributed by atoms with Crippen LogP contribution >= 0.6 is 0 Å². The van der Waals surface area contributed by atoms with Crippen molar-refractivity contribution in [2.24, 2.45) is 0 Å². The van der Waals surface area contributed by atoms with Gasteiger partial charge in [0.15, 0.2) is 0 Å². The quantitative estimate of drug-likeness (QED) is 0.378. The summed E-state index contributed by atoms with van der Waals surface area (Å²) in [6, 6.07) is 42.0. The Bertz CT molecular complexity index is 964. The number of rotatable bonds is 7. The summed E-state index contributed by atoms with van der Waals surface area (Å²) in [5.74, 6) is 0. The molecule has 0 saturated carbocycles. The van der Waals surface area contributed by atoms with E-state index in [1.807, 2.05) is 36.4 Å². The monoisotopic (exact) mass is 510 g/mol. The Labute approximate surface area is 185 Å². The maximum absolute atomic E-state index is 11.8. The van der Waals surface area contributed by atoms with Gasteiger partial charge < -0.3 is 0 Å². The van der Waals surface area contributed by atoms with Crippen LogP contribution in [0.2, 0.25) is 0 Å². The third-order valence-corrected chi connectivity index (χ3v) is 11.8. The number of hydrogen-bond donors (Lipinski definition) is 1. The van der Waals surface area contributed by atoms with Crippen LogP contribution in [0.4, 0.5) is 0 Å². The zero-order chi connectivity index (χ0) is 19.9. The zero-order valence-corrected chi connectivity index (χ0v) is 19.3. The van der Waals surface area contributed by atoms with E-state index in [0.29, 0.717) is 0 Å². The molecule has 0 saturated heterocycles. The molecule has 1 atom stereocenters. The number of hydrogen-bond acceptors (Lipinski definition) is 1. The first-order chi connectivity index (χ1) is 14.3. The van der Waals surface area contributed by atoms with E-state index in [-0.39, 0.29) is 33.1 Å². The van der Waals surface area contributed by atoms with Crippen molar-refractivity contribution >= 4 is 38.8 Å². The molecule has 4 aromatic rings. The van der Waals surface area contributed by atoms with Crippen LogP contribution in [0.25, 0.3) is 0 Å². The SMILES string of the molecule is OC(c1ccccc1)C([Se]c1ccccc1)([Se]c1ccccc1)c1ccccc1. The third kappa shape index (κ3) is 4.73. The van der Waals surface area contributed by atoms with Crippen molar-refractivity contribution < 1.29 is 5.11 Å². The molecule has 1 N–H and O–H groups in total. The first-order valence-corrected chi connectivity index (χ1v) is 13.0. The van der Waals surface area contributed by atoms with Crippen molar-refractivity contribution in [1.29, 1.82) is 0 Å². The molecule has 4 rings (SSSR count). The van der Waals surface area contributed by atoms with E-state index in [2.05, 4.69) is 84.9 Å². The summed E-state index contributed by atoms with van der Waals surface area (Å²) in [4.78, 5) is 0. The Morgan fingerprint density at radius 1 is 0.517 bits per heavy atom. The summed E-state index contributed by atoms with van der Waals surface area (Å²) in [5, 5.41) is 11.8. The van der Waals surface area contributed by atoms with Crippen LogP contribution in [0.15, 0.2) is 121 Å². The van der Waals surface area contributed by atoms with E-state index >= 15 is 0 Å². The fraction of sp³-hybridized carbons (Fsp3) is 0.0769. The first kappa shape index (κ1) is 20.2. The van der Waals surface area contributed by atoms with Gasteiger partial charge in [0.1, 0.15) is 0 Å². The molecule has 4 aromatic carbocycles. The molecular formula is C26H22OSe2. The van der Waals surface area contributed by atoms with E-state index in [1.165, 1.54) is 14.5 Å². The Morgan fingerprint density at radius 2 is 0.897 bits per heavy atom. The molecule has 0 aliphatic heterocycles. The average Bonchev–Trinajstić information content (AvgIpc) is 2.80. The molecule has 0 heterocycles. The van der Waals surface area contributed by atoms with Crippen molar-refractivity contribution in [3.8, 4) is 0 Å². The van der Waals surface area contributed by atoms with Gasteiger partial charge in [0.05, 0.1) is 0 Å². The van der Waals surface area contributed by atoms with Crippen LogP contribution in [-0.4, -0.2) is 35.0 Å².